The molecule has 0 aliphatic carbocycles. The van der Waals surface area contributed by atoms with Gasteiger partial charge in [0.2, 0.25) is 5.91 Å². The van der Waals surface area contributed by atoms with Gasteiger partial charge in [-0.15, -0.1) is 0 Å². The number of amides is 2. The molecule has 0 radical (unpaired) electrons. The third-order valence-electron chi connectivity index (χ3n) is 5.99. The molecule has 0 bridgehead atoms. The Labute approximate surface area is 209 Å². The fourth-order valence-electron chi connectivity index (χ4n) is 4.16. The summed E-state index contributed by atoms with van der Waals surface area (Å²) in [6.07, 6.45) is 1.10. The summed E-state index contributed by atoms with van der Waals surface area (Å²) in [5.74, 6) is 0.561. The first-order valence-corrected chi connectivity index (χ1v) is 11.7. The van der Waals surface area contributed by atoms with Crippen LogP contribution < -0.4 is 20.1 Å². The van der Waals surface area contributed by atoms with Crippen LogP contribution in [0.25, 0.3) is 0 Å². The van der Waals surface area contributed by atoms with Crippen molar-refractivity contribution in [2.45, 2.75) is 18.3 Å². The van der Waals surface area contributed by atoms with Crippen LogP contribution in [0.4, 0.5) is 11.4 Å². The molecule has 0 atom stereocenters. The van der Waals surface area contributed by atoms with Crippen LogP contribution in [0, 0.1) is 0 Å². The van der Waals surface area contributed by atoms with Gasteiger partial charge < -0.3 is 24.8 Å². The summed E-state index contributed by atoms with van der Waals surface area (Å²) < 4.78 is 16.3. The van der Waals surface area contributed by atoms with Crippen LogP contribution in [0.5, 0.6) is 11.5 Å². The number of hydrogen-bond donors (Lipinski definition) is 2. The monoisotopic (exact) mass is 494 g/mol. The van der Waals surface area contributed by atoms with Crippen molar-refractivity contribution < 1.29 is 23.8 Å². The summed E-state index contributed by atoms with van der Waals surface area (Å²) in [5, 5.41) is 6.40. The molecule has 182 valence electrons. The van der Waals surface area contributed by atoms with E-state index in [0.717, 1.165) is 5.56 Å². The summed E-state index contributed by atoms with van der Waals surface area (Å²) in [6.45, 7) is 0.791. The highest BCUT2D eigenvalue weighted by molar-refractivity contribution is 6.30. The second kappa shape index (κ2) is 11.3. The van der Waals surface area contributed by atoms with Crippen LogP contribution in [0.1, 0.15) is 18.4 Å². The van der Waals surface area contributed by atoms with E-state index in [1.807, 2.05) is 24.3 Å². The van der Waals surface area contributed by atoms with Crippen LogP contribution >= 0.6 is 11.6 Å². The minimum Gasteiger partial charge on any atom is -0.493 e. The number of para-hydroxylation sites is 2. The molecule has 0 spiro atoms. The second-order valence-electron chi connectivity index (χ2n) is 8.23. The maximum Gasteiger partial charge on any atom is 0.262 e. The second-order valence-corrected chi connectivity index (χ2v) is 8.66. The number of carbonyl (C=O) groups is 2. The van der Waals surface area contributed by atoms with Gasteiger partial charge in [-0.25, -0.2) is 0 Å². The van der Waals surface area contributed by atoms with Crippen molar-refractivity contribution in [2.75, 3.05) is 37.6 Å². The lowest BCUT2D eigenvalue weighted by Gasteiger charge is -2.36. The third-order valence-corrected chi connectivity index (χ3v) is 6.23. The van der Waals surface area contributed by atoms with E-state index in [1.54, 1.807) is 55.6 Å². The van der Waals surface area contributed by atoms with E-state index in [1.165, 1.54) is 0 Å². The van der Waals surface area contributed by atoms with E-state index < -0.39 is 5.41 Å². The fraction of sp³-hybridized carbons (Fsp3) is 0.259. The number of methoxy groups -OCH3 is 1. The molecule has 7 nitrogen and oxygen atoms in total. The van der Waals surface area contributed by atoms with E-state index in [4.69, 9.17) is 25.8 Å². The van der Waals surface area contributed by atoms with Gasteiger partial charge >= 0.3 is 0 Å². The number of rotatable bonds is 8. The third kappa shape index (κ3) is 5.93. The van der Waals surface area contributed by atoms with E-state index in [2.05, 4.69) is 10.6 Å². The predicted octanol–water partition coefficient (Wildman–Crippen LogP) is 5.05. The lowest BCUT2D eigenvalue weighted by atomic mass is 9.73. The Morgan fingerprint density at radius 1 is 0.914 bits per heavy atom. The Morgan fingerprint density at radius 3 is 2.31 bits per heavy atom. The molecule has 0 aromatic heterocycles. The average Bonchev–Trinajstić information content (AvgIpc) is 2.88. The van der Waals surface area contributed by atoms with Crippen molar-refractivity contribution in [2.24, 2.45) is 0 Å². The Kier molecular flexibility index (Phi) is 7.90. The Morgan fingerprint density at radius 2 is 1.60 bits per heavy atom. The summed E-state index contributed by atoms with van der Waals surface area (Å²) in [4.78, 5) is 26.0. The van der Waals surface area contributed by atoms with Crippen molar-refractivity contribution in [3.63, 3.8) is 0 Å². The molecule has 4 rings (SSSR count). The van der Waals surface area contributed by atoms with Gasteiger partial charge in [-0.05, 0) is 60.9 Å². The first-order chi connectivity index (χ1) is 17.0. The standard InChI is InChI=1S/C27H27ClN2O5/c1-33-23-10-2-3-11-24(23)35-18-25(31)29-21-8-5-9-22(17-21)30-26(32)27(12-14-34-15-13-27)19-6-4-7-20(28)16-19/h2-11,16-17H,12-15,18H2,1H3,(H,29,31)(H,30,32). The minimum atomic E-state index is -0.745. The highest BCUT2D eigenvalue weighted by atomic mass is 35.5. The number of anilines is 2. The number of hydrogen-bond acceptors (Lipinski definition) is 5. The first kappa shape index (κ1) is 24.6. The van der Waals surface area contributed by atoms with Gasteiger partial charge in [-0.1, -0.05) is 41.9 Å². The van der Waals surface area contributed by atoms with Gasteiger partial charge in [0.05, 0.1) is 12.5 Å². The quantitative estimate of drug-likeness (QED) is 0.457. The van der Waals surface area contributed by atoms with E-state index in [0.29, 0.717) is 54.0 Å². The number of ether oxygens (including phenoxy) is 3. The molecule has 1 saturated heterocycles. The van der Waals surface area contributed by atoms with Gasteiger partial charge in [0.15, 0.2) is 18.1 Å². The van der Waals surface area contributed by atoms with Crippen LogP contribution in [0.15, 0.2) is 72.8 Å². The topological polar surface area (TPSA) is 85.9 Å². The van der Waals surface area contributed by atoms with Gasteiger partial charge in [-0.2, -0.15) is 0 Å². The molecule has 1 aliphatic heterocycles. The smallest absolute Gasteiger partial charge is 0.262 e. The fourth-order valence-corrected chi connectivity index (χ4v) is 4.35. The molecular weight excluding hydrogens is 468 g/mol. The lowest BCUT2D eigenvalue weighted by Crippen LogP contribution is -2.44. The molecular formula is C27H27ClN2O5. The lowest BCUT2D eigenvalue weighted by molar-refractivity contribution is -0.125. The van der Waals surface area contributed by atoms with Crippen LogP contribution in [-0.2, 0) is 19.7 Å². The van der Waals surface area contributed by atoms with E-state index in [9.17, 15) is 9.59 Å². The van der Waals surface area contributed by atoms with Crippen molar-refractivity contribution >= 4 is 34.8 Å². The number of nitrogens with one attached hydrogen (secondary N) is 2. The zero-order valence-electron chi connectivity index (χ0n) is 19.4. The van der Waals surface area contributed by atoms with Gasteiger partial charge in [0.25, 0.3) is 5.91 Å². The van der Waals surface area contributed by atoms with Crippen molar-refractivity contribution in [1.82, 2.24) is 0 Å². The van der Waals surface area contributed by atoms with Gasteiger partial charge in [0, 0.05) is 29.6 Å². The predicted molar refractivity (Wildman–Crippen MR) is 135 cm³/mol. The Balaban J connectivity index is 1.43. The number of benzene rings is 3. The normalized spacial score (nSPS) is 14.6. The largest absolute Gasteiger partial charge is 0.493 e. The average molecular weight is 495 g/mol. The maximum atomic E-state index is 13.5. The highest BCUT2D eigenvalue weighted by Crippen LogP contribution is 2.37. The van der Waals surface area contributed by atoms with Crippen molar-refractivity contribution in [3.8, 4) is 11.5 Å². The van der Waals surface area contributed by atoms with E-state index >= 15 is 0 Å². The van der Waals surface area contributed by atoms with Crippen molar-refractivity contribution in [3.05, 3.63) is 83.4 Å². The summed E-state index contributed by atoms with van der Waals surface area (Å²) >= 11 is 6.22. The number of carbonyl (C=O) groups excluding carboxylic acids is 2. The zero-order chi connectivity index (χ0) is 24.7. The molecule has 1 aliphatic rings. The molecule has 8 heteroatoms. The minimum absolute atomic E-state index is 0.133. The number of halogens is 1. The molecule has 2 amide bonds. The van der Waals surface area contributed by atoms with Crippen LogP contribution in [-0.4, -0.2) is 38.7 Å². The molecule has 3 aromatic carbocycles. The molecule has 35 heavy (non-hydrogen) atoms. The van der Waals surface area contributed by atoms with Crippen LogP contribution in [0.3, 0.4) is 0 Å². The summed E-state index contributed by atoms with van der Waals surface area (Å²) in [7, 11) is 1.54. The summed E-state index contributed by atoms with van der Waals surface area (Å²) in [6, 6.07) is 21.5. The molecule has 1 fully saturated rings. The molecule has 2 N–H and O–H groups in total. The molecule has 0 unspecified atom stereocenters. The van der Waals surface area contributed by atoms with E-state index in [-0.39, 0.29) is 18.4 Å². The first-order valence-electron chi connectivity index (χ1n) is 11.3. The SMILES string of the molecule is COc1ccccc1OCC(=O)Nc1cccc(NC(=O)C2(c3cccc(Cl)c3)CCOCC2)c1. The Bertz CT molecular complexity index is 1190. The molecule has 3 aromatic rings. The molecule has 1 heterocycles. The summed E-state index contributed by atoms with van der Waals surface area (Å²) in [5.41, 5.74) is 1.24. The Hall–Kier alpha value is -3.55. The zero-order valence-corrected chi connectivity index (χ0v) is 20.1. The van der Waals surface area contributed by atoms with Crippen LogP contribution in [0.2, 0.25) is 5.02 Å². The van der Waals surface area contributed by atoms with Gasteiger partial charge in [0.1, 0.15) is 0 Å². The highest BCUT2D eigenvalue weighted by Gasteiger charge is 2.41. The maximum absolute atomic E-state index is 13.5. The molecule has 0 saturated carbocycles. The van der Waals surface area contributed by atoms with Gasteiger partial charge in [-0.3, -0.25) is 9.59 Å². The van der Waals surface area contributed by atoms with Crippen molar-refractivity contribution in [1.29, 1.82) is 0 Å².